The Kier molecular flexibility index (Phi) is 5.96. The van der Waals surface area contributed by atoms with Crippen LogP contribution in [0.2, 0.25) is 0 Å². The molecule has 0 aliphatic carbocycles. The topological polar surface area (TPSA) is 80.5 Å². The Morgan fingerprint density at radius 1 is 1.53 bits per heavy atom. The first-order valence-corrected chi connectivity index (χ1v) is 8.94. The molecule has 108 valence electrons. The normalized spacial score (nSPS) is 13.2. The second-order valence-electron chi connectivity index (χ2n) is 4.61. The van der Waals surface area contributed by atoms with Gasteiger partial charge < -0.3 is 10.6 Å². The maximum Gasteiger partial charge on any atom is 0.239 e. The van der Waals surface area contributed by atoms with Crippen molar-refractivity contribution in [2.24, 2.45) is 5.73 Å². The minimum atomic E-state index is -3.08. The fraction of sp³-hybridized carbons (Fsp3) is 0.583. The van der Waals surface area contributed by atoms with E-state index in [-0.39, 0.29) is 18.1 Å². The molecule has 1 aromatic heterocycles. The van der Waals surface area contributed by atoms with Crippen molar-refractivity contribution in [2.75, 3.05) is 25.6 Å². The van der Waals surface area contributed by atoms with Crippen LogP contribution in [0.15, 0.2) is 17.5 Å². The summed E-state index contributed by atoms with van der Waals surface area (Å²) >= 11 is 1.65. The van der Waals surface area contributed by atoms with Gasteiger partial charge in [0.15, 0.2) is 0 Å². The first-order chi connectivity index (χ1) is 8.79. The van der Waals surface area contributed by atoms with Crippen LogP contribution in [0.5, 0.6) is 0 Å². The van der Waals surface area contributed by atoms with Crippen LogP contribution in [0.4, 0.5) is 0 Å². The van der Waals surface area contributed by atoms with Crippen molar-refractivity contribution < 1.29 is 13.2 Å². The molecule has 1 heterocycles. The van der Waals surface area contributed by atoms with Gasteiger partial charge in [-0.25, -0.2) is 8.42 Å². The number of amides is 1. The van der Waals surface area contributed by atoms with Crippen molar-refractivity contribution in [3.05, 3.63) is 22.4 Å². The Balaban J connectivity index is 2.38. The monoisotopic (exact) mass is 304 g/mol. The van der Waals surface area contributed by atoms with Gasteiger partial charge in [0, 0.05) is 24.7 Å². The number of nitrogens with two attached hydrogens (primary N) is 1. The van der Waals surface area contributed by atoms with Gasteiger partial charge >= 0.3 is 0 Å². The molecule has 19 heavy (non-hydrogen) atoms. The zero-order valence-electron chi connectivity index (χ0n) is 11.2. The fourth-order valence-electron chi connectivity index (χ4n) is 1.59. The number of hydrogen-bond donors (Lipinski definition) is 1. The number of carbonyl (C=O) groups excluding carboxylic acids is 1. The summed E-state index contributed by atoms with van der Waals surface area (Å²) in [6.07, 6.45) is 2.10. The molecule has 0 aromatic carbocycles. The fourth-order valence-corrected chi connectivity index (χ4v) is 2.97. The molecule has 1 unspecified atom stereocenters. The molecule has 1 aromatic rings. The smallest absolute Gasteiger partial charge is 0.239 e. The summed E-state index contributed by atoms with van der Waals surface area (Å²) in [5.41, 5.74) is 5.72. The molecular weight excluding hydrogens is 284 g/mol. The second-order valence-corrected chi connectivity index (χ2v) is 7.91. The number of thiophene rings is 1. The van der Waals surface area contributed by atoms with E-state index in [2.05, 4.69) is 0 Å². The summed E-state index contributed by atoms with van der Waals surface area (Å²) in [5.74, 6) is -0.265. The van der Waals surface area contributed by atoms with Crippen molar-refractivity contribution in [2.45, 2.75) is 18.9 Å². The molecule has 0 saturated heterocycles. The Bertz CT molecular complexity index is 497. The number of sulfone groups is 1. The van der Waals surface area contributed by atoms with Gasteiger partial charge in [0.1, 0.15) is 9.84 Å². The Labute approximate surface area is 118 Å². The summed E-state index contributed by atoms with van der Waals surface area (Å²) in [7, 11) is -1.38. The van der Waals surface area contributed by atoms with Gasteiger partial charge in [0.2, 0.25) is 5.91 Å². The van der Waals surface area contributed by atoms with Crippen LogP contribution in [-0.2, 0) is 21.1 Å². The van der Waals surface area contributed by atoms with Crippen molar-refractivity contribution in [1.82, 2.24) is 4.90 Å². The maximum atomic E-state index is 11.9. The SMILES string of the molecule is CN(CCc1cccs1)C(=O)C(N)CCS(C)(=O)=O. The van der Waals surface area contributed by atoms with E-state index in [9.17, 15) is 13.2 Å². The minimum absolute atomic E-state index is 0.0569. The van der Waals surface area contributed by atoms with Crippen LogP contribution in [0, 0.1) is 0 Å². The van der Waals surface area contributed by atoms with Crippen molar-refractivity contribution >= 4 is 27.1 Å². The highest BCUT2D eigenvalue weighted by Crippen LogP contribution is 2.09. The lowest BCUT2D eigenvalue weighted by molar-refractivity contribution is -0.131. The third kappa shape index (κ3) is 6.17. The number of likely N-dealkylation sites (N-methyl/N-ethyl adjacent to an activating group) is 1. The molecule has 2 N–H and O–H groups in total. The molecule has 1 atom stereocenters. The summed E-state index contributed by atoms with van der Waals surface area (Å²) in [6, 6.07) is 3.25. The first kappa shape index (κ1) is 16.1. The molecule has 5 nitrogen and oxygen atoms in total. The van der Waals surface area contributed by atoms with Gasteiger partial charge in [-0.05, 0) is 24.3 Å². The van der Waals surface area contributed by atoms with E-state index in [0.717, 1.165) is 12.7 Å². The van der Waals surface area contributed by atoms with Crippen LogP contribution in [0.1, 0.15) is 11.3 Å². The van der Waals surface area contributed by atoms with Gasteiger partial charge in [-0.1, -0.05) is 6.07 Å². The van der Waals surface area contributed by atoms with Gasteiger partial charge in [-0.15, -0.1) is 11.3 Å². The lowest BCUT2D eigenvalue weighted by Gasteiger charge is -2.20. The zero-order valence-corrected chi connectivity index (χ0v) is 12.8. The summed E-state index contributed by atoms with van der Waals surface area (Å²) in [5, 5.41) is 2.00. The van der Waals surface area contributed by atoms with Crippen LogP contribution in [0.25, 0.3) is 0 Å². The van der Waals surface area contributed by atoms with Gasteiger partial charge in [0.05, 0.1) is 11.8 Å². The van der Waals surface area contributed by atoms with Crippen molar-refractivity contribution in [1.29, 1.82) is 0 Å². The third-order valence-corrected chi connectivity index (χ3v) is 4.68. The molecule has 0 radical (unpaired) electrons. The Morgan fingerprint density at radius 2 is 2.21 bits per heavy atom. The van der Waals surface area contributed by atoms with Gasteiger partial charge in [-0.3, -0.25) is 4.79 Å². The highest BCUT2D eigenvalue weighted by Gasteiger charge is 2.19. The Morgan fingerprint density at radius 3 is 2.74 bits per heavy atom. The molecule has 1 rings (SSSR count). The largest absolute Gasteiger partial charge is 0.344 e. The van der Waals surface area contributed by atoms with Crippen molar-refractivity contribution in [3.63, 3.8) is 0 Å². The second kappa shape index (κ2) is 7.02. The molecule has 0 aliphatic heterocycles. The number of carbonyl (C=O) groups is 1. The van der Waals surface area contributed by atoms with E-state index in [1.165, 1.54) is 4.88 Å². The molecule has 7 heteroatoms. The predicted molar refractivity (Wildman–Crippen MR) is 78.0 cm³/mol. The molecule has 0 aliphatic rings. The standard InChI is InChI=1S/C12H20N2O3S2/c1-14(7-5-10-4-3-8-18-10)12(15)11(13)6-9-19(2,16)17/h3-4,8,11H,5-7,9,13H2,1-2H3. The quantitative estimate of drug-likeness (QED) is 0.796. The molecule has 0 bridgehead atoms. The van der Waals surface area contributed by atoms with Crippen LogP contribution in [0.3, 0.4) is 0 Å². The molecule has 0 fully saturated rings. The maximum absolute atomic E-state index is 11.9. The minimum Gasteiger partial charge on any atom is -0.344 e. The van der Waals surface area contributed by atoms with Crippen LogP contribution >= 0.6 is 11.3 Å². The van der Waals surface area contributed by atoms with E-state index in [1.54, 1.807) is 23.3 Å². The predicted octanol–water partition coefficient (Wildman–Crippen LogP) is 0.511. The highest BCUT2D eigenvalue weighted by atomic mass is 32.2. The first-order valence-electron chi connectivity index (χ1n) is 6.00. The third-order valence-electron chi connectivity index (χ3n) is 2.77. The van der Waals surface area contributed by atoms with Crippen molar-refractivity contribution in [3.8, 4) is 0 Å². The van der Waals surface area contributed by atoms with E-state index >= 15 is 0 Å². The zero-order chi connectivity index (χ0) is 14.5. The lowest BCUT2D eigenvalue weighted by Crippen LogP contribution is -2.43. The number of hydrogen-bond acceptors (Lipinski definition) is 5. The summed E-state index contributed by atoms with van der Waals surface area (Å²) in [6.45, 7) is 0.589. The van der Waals surface area contributed by atoms with Crippen LogP contribution < -0.4 is 5.73 Å². The Hall–Kier alpha value is -0.920. The average Bonchev–Trinajstić information content (AvgIpc) is 2.84. The van der Waals surface area contributed by atoms with Crippen LogP contribution in [-0.4, -0.2) is 50.9 Å². The van der Waals surface area contributed by atoms with E-state index in [1.807, 2.05) is 17.5 Å². The van der Waals surface area contributed by atoms with Gasteiger partial charge in [-0.2, -0.15) is 0 Å². The highest BCUT2D eigenvalue weighted by molar-refractivity contribution is 7.90. The summed E-state index contributed by atoms with van der Waals surface area (Å²) < 4.78 is 22.1. The number of rotatable bonds is 7. The molecule has 0 saturated carbocycles. The summed E-state index contributed by atoms with van der Waals surface area (Å²) in [4.78, 5) is 14.7. The molecule has 0 spiro atoms. The molecular formula is C12H20N2O3S2. The molecule has 1 amide bonds. The average molecular weight is 304 g/mol. The number of nitrogens with zero attached hydrogens (tertiary/aromatic N) is 1. The van der Waals surface area contributed by atoms with E-state index in [0.29, 0.717) is 6.54 Å². The van der Waals surface area contributed by atoms with E-state index in [4.69, 9.17) is 5.73 Å². The van der Waals surface area contributed by atoms with Gasteiger partial charge in [0.25, 0.3) is 0 Å². The lowest BCUT2D eigenvalue weighted by atomic mass is 10.2. The van der Waals surface area contributed by atoms with E-state index < -0.39 is 15.9 Å².